The lowest BCUT2D eigenvalue weighted by Gasteiger charge is -2.22. The van der Waals surface area contributed by atoms with E-state index >= 15 is 0 Å². The normalized spacial score (nSPS) is 11.0. The van der Waals surface area contributed by atoms with Crippen LogP contribution in [0.4, 0.5) is 14.7 Å². The van der Waals surface area contributed by atoms with Crippen molar-refractivity contribution >= 4 is 5.95 Å². The molecule has 1 aromatic heterocycles. The van der Waals surface area contributed by atoms with E-state index in [1.165, 1.54) is 4.90 Å². The summed E-state index contributed by atoms with van der Waals surface area (Å²) in [7, 11) is 0. The van der Waals surface area contributed by atoms with Crippen LogP contribution in [-0.4, -0.2) is 40.8 Å². The molecule has 0 radical (unpaired) electrons. The first kappa shape index (κ1) is 11.9. The van der Waals surface area contributed by atoms with Crippen LogP contribution in [0.3, 0.4) is 0 Å². The molecular weight excluding hydrogens is 204 g/mol. The fourth-order valence-electron chi connectivity index (χ4n) is 1.39. The molecule has 0 amide bonds. The van der Waals surface area contributed by atoms with Gasteiger partial charge in [-0.05, 0) is 6.92 Å². The van der Waals surface area contributed by atoms with E-state index in [1.807, 2.05) is 6.92 Å². The average molecular weight is 219 g/mol. The van der Waals surface area contributed by atoms with Gasteiger partial charge in [0.1, 0.15) is 0 Å². The van der Waals surface area contributed by atoms with E-state index in [0.29, 0.717) is 12.5 Å². The number of aliphatic hydroxyl groups excluding tert-OH is 1. The molecule has 6 heteroatoms. The maximum absolute atomic E-state index is 12.3. The zero-order valence-electron chi connectivity index (χ0n) is 8.61. The summed E-state index contributed by atoms with van der Waals surface area (Å²) < 4.78 is 26.3. The Morgan fingerprint density at radius 3 is 2.87 bits per heavy atom. The van der Waals surface area contributed by atoms with Gasteiger partial charge in [0.25, 0.3) is 6.43 Å². The highest BCUT2D eigenvalue weighted by Gasteiger charge is 2.16. The second kappa shape index (κ2) is 5.65. The summed E-state index contributed by atoms with van der Waals surface area (Å²) in [5.41, 5.74) is 0. The quantitative estimate of drug-likeness (QED) is 0.775. The largest absolute Gasteiger partial charge is 0.395 e. The molecule has 0 aliphatic carbocycles. The van der Waals surface area contributed by atoms with Gasteiger partial charge in [-0.1, -0.05) is 0 Å². The van der Waals surface area contributed by atoms with E-state index in [4.69, 9.17) is 5.11 Å². The molecule has 86 valence electrons. The number of aliphatic hydroxyl groups is 1. The van der Waals surface area contributed by atoms with Gasteiger partial charge in [-0.3, -0.25) is 0 Å². The molecule has 0 atom stereocenters. The van der Waals surface area contributed by atoms with E-state index in [9.17, 15) is 8.78 Å². The van der Waals surface area contributed by atoms with Crippen LogP contribution in [0, 0.1) is 0 Å². The number of anilines is 1. The van der Waals surface area contributed by atoms with Crippen molar-refractivity contribution in [2.24, 2.45) is 0 Å². The lowest BCUT2D eigenvalue weighted by Crippen LogP contribution is -2.33. The van der Waals surface area contributed by atoms with Crippen molar-refractivity contribution in [2.45, 2.75) is 19.9 Å². The van der Waals surface area contributed by atoms with E-state index in [2.05, 4.69) is 4.98 Å². The lowest BCUT2D eigenvalue weighted by molar-refractivity contribution is 0.152. The van der Waals surface area contributed by atoms with Crippen LogP contribution >= 0.6 is 0 Å². The van der Waals surface area contributed by atoms with E-state index in [1.54, 1.807) is 17.0 Å². The highest BCUT2D eigenvalue weighted by atomic mass is 19.3. The number of nitrogens with zero attached hydrogens (tertiary/aromatic N) is 3. The Kier molecular flexibility index (Phi) is 4.48. The van der Waals surface area contributed by atoms with Gasteiger partial charge in [0, 0.05) is 25.5 Å². The van der Waals surface area contributed by atoms with Crippen LogP contribution in [0.25, 0.3) is 0 Å². The number of hydrogen-bond donors (Lipinski definition) is 1. The Morgan fingerprint density at radius 1 is 1.60 bits per heavy atom. The summed E-state index contributed by atoms with van der Waals surface area (Å²) in [4.78, 5) is 5.39. The summed E-state index contributed by atoms with van der Waals surface area (Å²) in [6.07, 6.45) is 0.860. The van der Waals surface area contributed by atoms with Gasteiger partial charge in [-0.2, -0.15) is 0 Å². The molecule has 0 aromatic carbocycles. The molecule has 1 heterocycles. The van der Waals surface area contributed by atoms with Crippen molar-refractivity contribution in [3.8, 4) is 0 Å². The van der Waals surface area contributed by atoms with Gasteiger partial charge >= 0.3 is 0 Å². The van der Waals surface area contributed by atoms with Crippen molar-refractivity contribution < 1.29 is 13.9 Å². The first-order valence-electron chi connectivity index (χ1n) is 4.84. The highest BCUT2D eigenvalue weighted by Crippen LogP contribution is 2.12. The SMILES string of the molecule is CCn1ccnc1N(CCO)CC(F)F. The number of imidazole rings is 1. The standard InChI is InChI=1S/C9H15F2N3O/c1-2-13-4-3-12-9(13)14(5-6-15)7-8(10)11/h3-4,8,15H,2,5-7H2,1H3. The van der Waals surface area contributed by atoms with Gasteiger partial charge in [0.05, 0.1) is 13.2 Å². The number of aromatic nitrogens is 2. The highest BCUT2D eigenvalue weighted by molar-refractivity contribution is 5.31. The van der Waals surface area contributed by atoms with E-state index in [0.717, 1.165) is 0 Å². The molecule has 0 spiro atoms. The van der Waals surface area contributed by atoms with Crippen LogP contribution in [0.15, 0.2) is 12.4 Å². The second-order valence-electron chi connectivity index (χ2n) is 3.07. The lowest BCUT2D eigenvalue weighted by atomic mass is 10.5. The summed E-state index contributed by atoms with van der Waals surface area (Å²) in [5.74, 6) is 0.479. The number of aryl methyl sites for hydroxylation is 1. The molecule has 0 aliphatic rings. The van der Waals surface area contributed by atoms with Crippen LogP contribution in [0.2, 0.25) is 0 Å². The van der Waals surface area contributed by atoms with E-state index in [-0.39, 0.29) is 13.2 Å². The van der Waals surface area contributed by atoms with Crippen molar-refractivity contribution in [2.75, 3.05) is 24.6 Å². The predicted octanol–water partition coefficient (Wildman–Crippen LogP) is 0.967. The summed E-state index contributed by atoms with van der Waals surface area (Å²) in [6, 6.07) is 0. The number of alkyl halides is 2. The van der Waals surface area contributed by atoms with Crippen LogP contribution in [0.1, 0.15) is 6.92 Å². The van der Waals surface area contributed by atoms with Crippen molar-refractivity contribution in [3.63, 3.8) is 0 Å². The molecule has 4 nitrogen and oxygen atoms in total. The van der Waals surface area contributed by atoms with E-state index < -0.39 is 13.0 Å². The third-order valence-corrected chi connectivity index (χ3v) is 2.05. The predicted molar refractivity (Wildman–Crippen MR) is 53.2 cm³/mol. The zero-order valence-corrected chi connectivity index (χ0v) is 8.61. The molecule has 0 fully saturated rings. The third-order valence-electron chi connectivity index (χ3n) is 2.05. The molecule has 1 N–H and O–H groups in total. The minimum Gasteiger partial charge on any atom is -0.395 e. The first-order chi connectivity index (χ1) is 7.19. The maximum Gasteiger partial charge on any atom is 0.255 e. The van der Waals surface area contributed by atoms with Crippen molar-refractivity contribution in [1.29, 1.82) is 0 Å². The Balaban J connectivity index is 2.78. The van der Waals surface area contributed by atoms with Gasteiger partial charge in [-0.15, -0.1) is 0 Å². The average Bonchev–Trinajstić information content (AvgIpc) is 2.64. The Bertz CT molecular complexity index is 291. The Labute approximate surface area is 87.1 Å². The first-order valence-corrected chi connectivity index (χ1v) is 4.84. The molecule has 15 heavy (non-hydrogen) atoms. The molecule has 0 bridgehead atoms. The zero-order chi connectivity index (χ0) is 11.3. The van der Waals surface area contributed by atoms with Crippen LogP contribution < -0.4 is 4.90 Å². The van der Waals surface area contributed by atoms with Gasteiger partial charge in [0.15, 0.2) is 0 Å². The molecule has 0 saturated carbocycles. The fraction of sp³-hybridized carbons (Fsp3) is 0.667. The van der Waals surface area contributed by atoms with Crippen LogP contribution in [0.5, 0.6) is 0 Å². The number of rotatable bonds is 6. The number of hydrogen-bond acceptors (Lipinski definition) is 3. The second-order valence-corrected chi connectivity index (χ2v) is 3.07. The Morgan fingerprint density at radius 2 is 2.33 bits per heavy atom. The van der Waals surface area contributed by atoms with Crippen molar-refractivity contribution in [3.05, 3.63) is 12.4 Å². The smallest absolute Gasteiger partial charge is 0.255 e. The van der Waals surface area contributed by atoms with Crippen LogP contribution in [-0.2, 0) is 6.54 Å². The monoisotopic (exact) mass is 219 g/mol. The topological polar surface area (TPSA) is 41.3 Å². The van der Waals surface area contributed by atoms with Gasteiger partial charge in [0.2, 0.25) is 5.95 Å². The summed E-state index contributed by atoms with van der Waals surface area (Å²) >= 11 is 0. The maximum atomic E-state index is 12.3. The summed E-state index contributed by atoms with van der Waals surface area (Å²) in [5, 5.41) is 8.79. The molecule has 0 aliphatic heterocycles. The summed E-state index contributed by atoms with van der Waals surface area (Å²) in [6.45, 7) is 2.17. The third kappa shape index (κ3) is 3.16. The van der Waals surface area contributed by atoms with Gasteiger partial charge < -0.3 is 14.6 Å². The minimum absolute atomic E-state index is 0.163. The molecule has 0 saturated heterocycles. The van der Waals surface area contributed by atoms with Crippen molar-refractivity contribution in [1.82, 2.24) is 9.55 Å². The minimum atomic E-state index is -2.43. The fourth-order valence-corrected chi connectivity index (χ4v) is 1.39. The Hall–Kier alpha value is -1.17. The molecule has 0 unspecified atom stereocenters. The van der Waals surface area contributed by atoms with Gasteiger partial charge in [-0.25, -0.2) is 13.8 Å². The molecule has 1 rings (SSSR count). The number of halogens is 2. The molecule has 1 aromatic rings. The molecular formula is C9H15F2N3O.